The number of allylic oxidation sites excluding steroid dienone is 2. The Labute approximate surface area is 364 Å². The Morgan fingerprint density at radius 2 is 0.569 bits per heavy atom. The van der Waals surface area contributed by atoms with E-state index in [9.17, 15) is 9.59 Å². The van der Waals surface area contributed by atoms with Gasteiger partial charge in [0, 0.05) is 12.8 Å². The predicted molar refractivity (Wildman–Crippen MR) is 255 cm³/mol. The largest absolute Gasteiger partial charge is 0.481 e. The van der Waals surface area contributed by atoms with Crippen LogP contribution in [0.3, 0.4) is 0 Å². The molecule has 0 spiro atoms. The topological polar surface area (TPSA) is 63.6 Å². The number of hydrogen-bond donors (Lipinski definition) is 1. The zero-order valence-corrected chi connectivity index (χ0v) is 39.5. The lowest BCUT2D eigenvalue weighted by Crippen LogP contribution is -2.05. The SMILES string of the molecule is CCCCCC/C=C\CCCCCCCC(=O)OCCCCCCCCCCCCCCCCCCCCCCCCCCCCCCCCCCCCCC(=O)O. The predicted octanol–water partition coefficient (Wildman–Crippen LogP) is 18.9. The summed E-state index contributed by atoms with van der Waals surface area (Å²) in [6, 6.07) is 0. The molecule has 0 amide bonds. The average molecular weight is 817 g/mol. The van der Waals surface area contributed by atoms with Crippen LogP contribution in [0.4, 0.5) is 0 Å². The lowest BCUT2D eigenvalue weighted by Gasteiger charge is -2.06. The fourth-order valence-electron chi connectivity index (χ4n) is 8.46. The molecule has 0 atom stereocenters. The maximum atomic E-state index is 12.0. The van der Waals surface area contributed by atoms with E-state index in [1.165, 1.54) is 263 Å². The van der Waals surface area contributed by atoms with Crippen molar-refractivity contribution in [3.8, 4) is 0 Å². The van der Waals surface area contributed by atoms with Crippen LogP contribution in [0.5, 0.6) is 0 Å². The van der Waals surface area contributed by atoms with E-state index in [1.54, 1.807) is 0 Å². The van der Waals surface area contributed by atoms with Crippen LogP contribution in [0, 0.1) is 0 Å². The summed E-state index contributed by atoms with van der Waals surface area (Å²) >= 11 is 0. The van der Waals surface area contributed by atoms with Gasteiger partial charge in [-0.15, -0.1) is 0 Å². The summed E-state index contributed by atoms with van der Waals surface area (Å²) in [5.41, 5.74) is 0. The fourth-order valence-corrected chi connectivity index (χ4v) is 8.46. The van der Waals surface area contributed by atoms with Crippen molar-refractivity contribution >= 4 is 11.9 Å². The van der Waals surface area contributed by atoms with Crippen molar-refractivity contribution in [2.24, 2.45) is 0 Å². The van der Waals surface area contributed by atoms with Crippen molar-refractivity contribution in [3.63, 3.8) is 0 Å². The number of rotatable bonds is 51. The van der Waals surface area contributed by atoms with Crippen LogP contribution < -0.4 is 0 Å². The number of carboxylic acids is 1. The number of aliphatic carboxylic acids is 1. The minimum Gasteiger partial charge on any atom is -0.481 e. The lowest BCUT2D eigenvalue weighted by molar-refractivity contribution is -0.144. The first-order valence-electron chi connectivity index (χ1n) is 26.7. The molecule has 0 heterocycles. The van der Waals surface area contributed by atoms with E-state index in [0.29, 0.717) is 19.4 Å². The van der Waals surface area contributed by atoms with Gasteiger partial charge in [-0.1, -0.05) is 269 Å². The van der Waals surface area contributed by atoms with E-state index in [0.717, 1.165) is 32.1 Å². The molecule has 4 heteroatoms. The molecule has 344 valence electrons. The van der Waals surface area contributed by atoms with Gasteiger partial charge in [0.1, 0.15) is 0 Å². The standard InChI is InChI=1S/C54H104O4/c1-2-3-4-5-6-7-8-32-36-39-42-45-48-51-54(57)58-52-49-46-43-40-37-34-31-29-27-25-23-21-19-17-15-13-11-9-10-12-14-16-18-20-22-24-26-28-30-33-35-38-41-44-47-50-53(55)56/h7-8H,2-6,9-52H2,1H3,(H,55,56)/b8-7-. The Hall–Kier alpha value is -1.32. The lowest BCUT2D eigenvalue weighted by atomic mass is 10.0. The molecule has 0 rings (SSSR count). The highest BCUT2D eigenvalue weighted by molar-refractivity contribution is 5.69. The summed E-state index contributed by atoms with van der Waals surface area (Å²) in [6.45, 7) is 2.89. The molecule has 0 aromatic heterocycles. The van der Waals surface area contributed by atoms with Gasteiger partial charge in [-0.2, -0.15) is 0 Å². The molecular weight excluding hydrogens is 713 g/mol. The van der Waals surface area contributed by atoms with E-state index in [2.05, 4.69) is 19.1 Å². The zero-order valence-electron chi connectivity index (χ0n) is 39.5. The summed E-state index contributed by atoms with van der Waals surface area (Å²) in [7, 11) is 0. The minimum atomic E-state index is -0.651. The average Bonchev–Trinajstić information content (AvgIpc) is 3.22. The van der Waals surface area contributed by atoms with Crippen LogP contribution in [0.15, 0.2) is 12.2 Å². The van der Waals surface area contributed by atoms with Crippen LogP contribution >= 0.6 is 0 Å². The van der Waals surface area contributed by atoms with E-state index < -0.39 is 5.97 Å². The molecule has 4 nitrogen and oxygen atoms in total. The van der Waals surface area contributed by atoms with Gasteiger partial charge in [-0.3, -0.25) is 9.59 Å². The first-order chi connectivity index (χ1) is 28.7. The molecule has 0 aliphatic carbocycles. The van der Waals surface area contributed by atoms with Crippen molar-refractivity contribution in [2.45, 2.75) is 315 Å². The van der Waals surface area contributed by atoms with E-state index in [4.69, 9.17) is 9.84 Å². The third-order valence-electron chi connectivity index (χ3n) is 12.4. The first-order valence-corrected chi connectivity index (χ1v) is 26.7. The van der Waals surface area contributed by atoms with Crippen LogP contribution in [0.1, 0.15) is 315 Å². The number of hydrogen-bond acceptors (Lipinski definition) is 3. The number of ether oxygens (including phenoxy) is 1. The van der Waals surface area contributed by atoms with Gasteiger partial charge in [-0.05, 0) is 44.9 Å². The Morgan fingerprint density at radius 1 is 0.328 bits per heavy atom. The summed E-state index contributed by atoms with van der Waals surface area (Å²) in [5.74, 6) is -0.636. The highest BCUT2D eigenvalue weighted by Crippen LogP contribution is 2.18. The smallest absolute Gasteiger partial charge is 0.305 e. The summed E-state index contributed by atoms with van der Waals surface area (Å²) < 4.78 is 5.47. The Balaban J connectivity index is 3.14. The van der Waals surface area contributed by atoms with Gasteiger partial charge >= 0.3 is 11.9 Å². The second-order valence-corrected chi connectivity index (χ2v) is 18.4. The maximum Gasteiger partial charge on any atom is 0.305 e. The third-order valence-corrected chi connectivity index (χ3v) is 12.4. The van der Waals surface area contributed by atoms with Gasteiger partial charge in [0.15, 0.2) is 0 Å². The molecule has 0 bridgehead atoms. The van der Waals surface area contributed by atoms with Crippen LogP contribution in [0.2, 0.25) is 0 Å². The van der Waals surface area contributed by atoms with E-state index in [1.807, 2.05) is 0 Å². The van der Waals surface area contributed by atoms with Crippen molar-refractivity contribution < 1.29 is 19.4 Å². The van der Waals surface area contributed by atoms with Gasteiger partial charge in [0.05, 0.1) is 6.61 Å². The molecule has 58 heavy (non-hydrogen) atoms. The van der Waals surface area contributed by atoms with Gasteiger partial charge in [0.2, 0.25) is 0 Å². The molecule has 0 saturated carbocycles. The number of carboxylic acid groups (broad SMARTS) is 1. The van der Waals surface area contributed by atoms with Gasteiger partial charge in [-0.25, -0.2) is 0 Å². The molecule has 0 fully saturated rings. The molecule has 0 aliphatic heterocycles. The second-order valence-electron chi connectivity index (χ2n) is 18.4. The summed E-state index contributed by atoms with van der Waals surface area (Å²) in [5, 5.41) is 8.67. The number of carbonyl (C=O) groups is 2. The molecule has 0 radical (unpaired) electrons. The summed E-state index contributed by atoms with van der Waals surface area (Å²) in [4.78, 5) is 22.5. The van der Waals surface area contributed by atoms with Crippen molar-refractivity contribution in [1.29, 1.82) is 0 Å². The highest BCUT2D eigenvalue weighted by Gasteiger charge is 2.03. The molecule has 0 aromatic rings. The van der Waals surface area contributed by atoms with Crippen LogP contribution in [-0.2, 0) is 14.3 Å². The normalized spacial score (nSPS) is 11.6. The van der Waals surface area contributed by atoms with Crippen LogP contribution in [-0.4, -0.2) is 23.7 Å². The van der Waals surface area contributed by atoms with E-state index in [-0.39, 0.29) is 5.97 Å². The number of esters is 1. The summed E-state index contributed by atoms with van der Waals surface area (Å²) in [6.07, 6.45) is 67.4. The molecule has 0 aromatic carbocycles. The Bertz CT molecular complexity index is 822. The highest BCUT2D eigenvalue weighted by atomic mass is 16.5. The van der Waals surface area contributed by atoms with E-state index >= 15 is 0 Å². The van der Waals surface area contributed by atoms with Crippen molar-refractivity contribution in [3.05, 3.63) is 12.2 Å². The van der Waals surface area contributed by atoms with Crippen molar-refractivity contribution in [1.82, 2.24) is 0 Å². The number of unbranched alkanes of at least 4 members (excludes halogenated alkanes) is 43. The van der Waals surface area contributed by atoms with Gasteiger partial charge in [0.25, 0.3) is 0 Å². The second kappa shape index (κ2) is 51.8. The molecule has 0 aliphatic rings. The van der Waals surface area contributed by atoms with Gasteiger partial charge < -0.3 is 9.84 Å². The number of carbonyl (C=O) groups excluding carboxylic acids is 1. The minimum absolute atomic E-state index is 0.0151. The first kappa shape index (κ1) is 56.7. The molecular formula is C54H104O4. The molecule has 0 unspecified atom stereocenters. The monoisotopic (exact) mass is 817 g/mol. The molecule has 0 saturated heterocycles. The molecule has 1 N–H and O–H groups in total. The van der Waals surface area contributed by atoms with Crippen LogP contribution in [0.25, 0.3) is 0 Å². The fraction of sp³-hybridized carbons (Fsp3) is 0.926. The zero-order chi connectivity index (χ0) is 41.9. The third kappa shape index (κ3) is 52.7. The van der Waals surface area contributed by atoms with Crippen molar-refractivity contribution in [2.75, 3.05) is 6.61 Å². The maximum absolute atomic E-state index is 12.0. The quantitative estimate of drug-likeness (QED) is 0.0377. The Kier molecular flexibility index (Phi) is 50.6. The Morgan fingerprint density at radius 3 is 0.862 bits per heavy atom.